The van der Waals surface area contributed by atoms with Crippen LogP contribution in [-0.2, 0) is 61.9 Å². The molecule has 25 nitrogen and oxygen atoms in total. The van der Waals surface area contributed by atoms with Crippen LogP contribution in [0.2, 0.25) is 0 Å². The highest BCUT2D eigenvalue weighted by Crippen LogP contribution is 2.35. The summed E-state index contributed by atoms with van der Waals surface area (Å²) in [6.07, 6.45) is -32.2. The van der Waals surface area contributed by atoms with Crippen molar-refractivity contribution in [2.45, 2.75) is 156 Å². The van der Waals surface area contributed by atoms with Crippen molar-refractivity contribution in [3.8, 4) is 0 Å². The molecule has 5 rings (SSSR count). The Morgan fingerprint density at radius 1 is 0.667 bits per heavy atom. The number of aliphatic hydroxyl groups is 8. The third kappa shape index (κ3) is 10.4. The van der Waals surface area contributed by atoms with Crippen molar-refractivity contribution in [2.75, 3.05) is 26.9 Å². The Morgan fingerprint density at radius 2 is 1.15 bits per heavy atom. The molecule has 11 N–H and O–H groups in total. The number of Topliss-reactive ketones (excluding diaryl/α,β-unsaturated/α-hetero) is 1. The summed E-state index contributed by atoms with van der Waals surface area (Å²) in [6, 6.07) is -2.89. The maximum absolute atomic E-state index is 13.2. The molecule has 25 heteroatoms. The first kappa shape index (κ1) is 48.0. The lowest BCUT2D eigenvalue weighted by Crippen LogP contribution is -2.71. The van der Waals surface area contributed by atoms with Gasteiger partial charge in [-0.15, -0.1) is 0 Å². The summed E-state index contributed by atoms with van der Waals surface area (Å²) >= 11 is 0. The van der Waals surface area contributed by atoms with Crippen molar-refractivity contribution in [3.63, 3.8) is 0 Å². The molecule has 4 heterocycles. The molecule has 4 aliphatic heterocycles. The maximum Gasteiger partial charge on any atom is 0.252 e. The lowest BCUT2D eigenvalue weighted by Gasteiger charge is -2.50. The van der Waals surface area contributed by atoms with Gasteiger partial charge in [0, 0.05) is 40.3 Å². The first-order valence-corrected chi connectivity index (χ1v) is 19.3. The van der Waals surface area contributed by atoms with Crippen LogP contribution in [0.1, 0.15) is 33.6 Å². The fourth-order valence-corrected chi connectivity index (χ4v) is 7.87. The van der Waals surface area contributed by atoms with Crippen LogP contribution >= 0.6 is 0 Å². The minimum absolute atomic E-state index is 0.0173. The molecular formula is C35H54N3O22-. The van der Waals surface area contributed by atoms with Crippen LogP contribution in [0.4, 0.5) is 0 Å². The molecule has 342 valence electrons. The zero-order chi connectivity index (χ0) is 44.3. The van der Waals surface area contributed by atoms with Gasteiger partial charge in [0.2, 0.25) is 11.8 Å². The number of carbonyl (C=O) groups excluding carboxylic acids is 5. The second-order valence-corrected chi connectivity index (χ2v) is 15.4. The quantitative estimate of drug-likeness (QED) is 0.0728. The summed E-state index contributed by atoms with van der Waals surface area (Å²) in [5, 5.41) is 107. The van der Waals surface area contributed by atoms with Crippen molar-refractivity contribution in [1.29, 1.82) is 0 Å². The fraction of sp³-hybridized carbons (Fsp3) is 0.857. The topological polar surface area (TPSA) is 380 Å². The number of ketones is 1. The minimum atomic E-state index is -2.34. The average molecular weight is 869 g/mol. The normalized spacial score (nSPS) is 43.7. The van der Waals surface area contributed by atoms with Crippen molar-refractivity contribution < 1.29 is 108 Å². The Morgan fingerprint density at radius 3 is 1.65 bits per heavy atom. The predicted octanol–water partition coefficient (Wildman–Crippen LogP) is -8.88. The van der Waals surface area contributed by atoms with E-state index in [1.165, 1.54) is 6.92 Å². The van der Waals surface area contributed by atoms with Gasteiger partial charge in [0.15, 0.2) is 25.0 Å². The van der Waals surface area contributed by atoms with Gasteiger partial charge >= 0.3 is 0 Å². The van der Waals surface area contributed by atoms with Crippen LogP contribution < -0.4 is 21.1 Å². The van der Waals surface area contributed by atoms with E-state index in [1.807, 2.05) is 0 Å². The molecule has 1 saturated carbocycles. The zero-order valence-electron chi connectivity index (χ0n) is 33.0. The van der Waals surface area contributed by atoms with Crippen molar-refractivity contribution in [3.05, 3.63) is 0 Å². The summed E-state index contributed by atoms with van der Waals surface area (Å²) < 4.78 is 45.2. The van der Waals surface area contributed by atoms with E-state index < -0.39 is 159 Å². The first-order chi connectivity index (χ1) is 28.3. The highest BCUT2D eigenvalue weighted by Gasteiger charge is 2.56. The third-order valence-electron chi connectivity index (χ3n) is 11.1. The van der Waals surface area contributed by atoms with Crippen LogP contribution in [0, 0.1) is 5.92 Å². The zero-order valence-corrected chi connectivity index (χ0v) is 33.0. The van der Waals surface area contributed by atoms with Gasteiger partial charge in [0.25, 0.3) is 5.91 Å². The smallest absolute Gasteiger partial charge is 0.252 e. The van der Waals surface area contributed by atoms with Gasteiger partial charge in [-0.05, 0) is 12.8 Å². The van der Waals surface area contributed by atoms with Crippen LogP contribution in [-0.4, -0.2) is 220 Å². The number of aliphatic hydroxyl groups excluding tert-OH is 8. The van der Waals surface area contributed by atoms with Crippen LogP contribution in [0.25, 0.3) is 0 Å². The highest BCUT2D eigenvalue weighted by molar-refractivity contribution is 5.85. The largest absolute Gasteiger partial charge is 0.547 e. The number of nitrogens with one attached hydrogen (secondary N) is 3. The van der Waals surface area contributed by atoms with Gasteiger partial charge in [-0.2, -0.15) is 0 Å². The summed E-state index contributed by atoms with van der Waals surface area (Å²) in [7, 11) is 1.14. The van der Waals surface area contributed by atoms with Crippen LogP contribution in [0.5, 0.6) is 0 Å². The van der Waals surface area contributed by atoms with Gasteiger partial charge in [0.05, 0.1) is 31.3 Å². The van der Waals surface area contributed by atoms with Crippen molar-refractivity contribution in [1.82, 2.24) is 16.0 Å². The van der Waals surface area contributed by atoms with E-state index >= 15 is 0 Å². The molecule has 4 saturated heterocycles. The van der Waals surface area contributed by atoms with Gasteiger partial charge < -0.3 is 105 Å². The number of carboxylic acids is 1. The monoisotopic (exact) mass is 868 g/mol. The summed E-state index contributed by atoms with van der Waals surface area (Å²) in [4.78, 5) is 61.7. The molecule has 5 aliphatic rings. The molecule has 0 bridgehead atoms. The molecule has 3 amide bonds. The van der Waals surface area contributed by atoms with Gasteiger partial charge in [-0.25, -0.2) is 0 Å². The Labute approximate surface area is 342 Å². The number of methoxy groups -OCH3 is 1. The van der Waals surface area contributed by atoms with Crippen LogP contribution in [0.3, 0.4) is 0 Å². The Kier molecular flexibility index (Phi) is 16.3. The molecule has 0 aromatic carbocycles. The standard InChI is InChI=1S/C35H55N3O22/c1-10-17(37-11(2)41)25(19(44)15(8-39)54-10)56-35-24(49)22(47)28(30(60-35)32(51)52)58-33-18(38-12(3)42)26(20(45)16(9-40)55-33)57-34-23(48)21(46)27(53-4)29(59-34)31(50)36-7-13-5-14(43)6-13/h10,13,15-30,33-35,39-40,44-49H,5-9H2,1-4H3,(H,36,50)(H,37,41)(H,38,42)(H,51,52)/p-1/t10?,15?,16?,17?,18?,19-,20-,21?,22?,23+,24+,25-,26-,27+,28+,29?,30?,33?,34-,35-/m1/s1. The number of rotatable bonds is 15. The van der Waals surface area contributed by atoms with Gasteiger partial charge in [0.1, 0.15) is 91.2 Å². The predicted molar refractivity (Wildman–Crippen MR) is 187 cm³/mol. The number of ether oxygens (including phenoxy) is 8. The number of amides is 3. The fourth-order valence-electron chi connectivity index (χ4n) is 7.87. The van der Waals surface area contributed by atoms with Crippen LogP contribution in [0.15, 0.2) is 0 Å². The number of hydrogen-bond acceptors (Lipinski definition) is 22. The Hall–Kier alpha value is -3.09. The van der Waals surface area contributed by atoms with Gasteiger partial charge in [-0.1, -0.05) is 0 Å². The van der Waals surface area contributed by atoms with E-state index in [4.69, 9.17) is 37.9 Å². The van der Waals surface area contributed by atoms with E-state index in [2.05, 4.69) is 16.0 Å². The van der Waals surface area contributed by atoms with E-state index in [-0.39, 0.29) is 31.1 Å². The molecule has 0 aromatic heterocycles. The highest BCUT2D eigenvalue weighted by atomic mass is 16.8. The van der Waals surface area contributed by atoms with Crippen molar-refractivity contribution in [2.24, 2.45) is 5.92 Å². The molecule has 5 fully saturated rings. The molecule has 0 aromatic rings. The molecule has 1 aliphatic carbocycles. The van der Waals surface area contributed by atoms with E-state index in [0.29, 0.717) is 0 Å². The van der Waals surface area contributed by atoms with E-state index in [0.717, 1.165) is 21.0 Å². The molecule has 10 unspecified atom stereocenters. The van der Waals surface area contributed by atoms with Gasteiger partial charge in [-0.3, -0.25) is 19.2 Å². The number of carbonyl (C=O) groups is 5. The second-order valence-electron chi connectivity index (χ2n) is 15.4. The summed E-state index contributed by atoms with van der Waals surface area (Å²) in [6.45, 7) is 2.04. The lowest BCUT2D eigenvalue weighted by atomic mass is 9.84. The molecule has 60 heavy (non-hydrogen) atoms. The van der Waals surface area contributed by atoms with E-state index in [1.54, 1.807) is 0 Å². The van der Waals surface area contributed by atoms with Crippen molar-refractivity contribution >= 4 is 29.5 Å². The third-order valence-corrected chi connectivity index (χ3v) is 11.1. The number of carboxylic acid groups (broad SMARTS) is 1. The summed E-state index contributed by atoms with van der Waals surface area (Å²) in [5.74, 6) is -4.40. The minimum Gasteiger partial charge on any atom is -0.547 e. The lowest BCUT2D eigenvalue weighted by molar-refractivity contribution is -0.382. The average Bonchev–Trinajstić information content (AvgIpc) is 3.18. The molecule has 20 atom stereocenters. The Bertz CT molecular complexity index is 1520. The SMILES string of the molecule is CO[C@@H]1C(C(=O)NCC2CC(=O)C2)O[C@@H](O[C@@H]2C(NC(C)=O)C(O[C@@H]3C(C(=O)[O-])O[C@@H](O[C@@H]4C(NC(C)=O)C(C)OC(CO)[C@H]4O)[C@@H](O)C3O)OC(CO)[C@H]2O)[C@@H](O)C1O. The first-order valence-electron chi connectivity index (χ1n) is 19.3. The van der Waals surface area contributed by atoms with E-state index in [9.17, 15) is 69.9 Å². The Balaban J connectivity index is 1.38. The molecular weight excluding hydrogens is 814 g/mol. The maximum atomic E-state index is 13.2. The summed E-state index contributed by atoms with van der Waals surface area (Å²) in [5.41, 5.74) is 0. The molecule has 0 spiro atoms. The number of aliphatic carboxylic acids is 1. The molecule has 0 radical (unpaired) electrons. The number of hydrogen-bond donors (Lipinski definition) is 11. The second kappa shape index (κ2) is 20.4.